The quantitative estimate of drug-likeness (QED) is 0.741. The monoisotopic (exact) mass is 348 g/mol. The van der Waals surface area contributed by atoms with Crippen molar-refractivity contribution in [2.45, 2.75) is 38.8 Å². The highest BCUT2D eigenvalue weighted by molar-refractivity contribution is 5.94. The van der Waals surface area contributed by atoms with Crippen molar-refractivity contribution in [3.63, 3.8) is 0 Å². The van der Waals surface area contributed by atoms with Gasteiger partial charge in [0, 0.05) is 38.7 Å². The molecule has 1 fully saturated rings. The first kappa shape index (κ1) is 18.9. The van der Waals surface area contributed by atoms with E-state index in [4.69, 9.17) is 9.84 Å². The number of carboxylic acids is 1. The number of benzene rings is 1. The van der Waals surface area contributed by atoms with E-state index in [1.54, 1.807) is 29.2 Å². The summed E-state index contributed by atoms with van der Waals surface area (Å²) < 4.78 is 5.57. The van der Waals surface area contributed by atoms with Crippen molar-refractivity contribution < 1.29 is 24.2 Å². The lowest BCUT2D eigenvalue weighted by Gasteiger charge is -2.25. The summed E-state index contributed by atoms with van der Waals surface area (Å²) in [7, 11) is 0. The van der Waals surface area contributed by atoms with Crippen molar-refractivity contribution in [1.82, 2.24) is 10.2 Å². The Morgan fingerprint density at radius 2 is 2.00 bits per heavy atom. The Labute approximate surface area is 147 Å². The summed E-state index contributed by atoms with van der Waals surface area (Å²) >= 11 is 0. The third kappa shape index (κ3) is 6.19. The van der Waals surface area contributed by atoms with Crippen molar-refractivity contribution in [3.05, 3.63) is 35.4 Å². The molecule has 1 aliphatic rings. The second-order valence-corrected chi connectivity index (χ2v) is 6.14. The molecule has 0 bridgehead atoms. The van der Waals surface area contributed by atoms with E-state index in [1.165, 1.54) is 6.92 Å². The van der Waals surface area contributed by atoms with Crippen LogP contribution in [0.5, 0.6) is 0 Å². The number of hydrogen-bond donors (Lipinski definition) is 2. The first-order valence-corrected chi connectivity index (χ1v) is 8.41. The van der Waals surface area contributed by atoms with Crippen molar-refractivity contribution in [1.29, 1.82) is 0 Å². The van der Waals surface area contributed by atoms with Crippen LogP contribution in [0.25, 0.3) is 0 Å². The summed E-state index contributed by atoms with van der Waals surface area (Å²) in [4.78, 5) is 36.1. The fourth-order valence-electron chi connectivity index (χ4n) is 2.71. The van der Waals surface area contributed by atoms with Gasteiger partial charge in [0.2, 0.25) is 5.91 Å². The van der Waals surface area contributed by atoms with Crippen molar-refractivity contribution in [2.24, 2.45) is 0 Å². The molecule has 1 aromatic rings. The standard InChI is InChI=1S/C18H24N2O5/c1-13(21)19-11-14-4-6-15(7-5-14)18(24)20(9-8-17(22)23)12-16-3-2-10-25-16/h4-7,16H,2-3,8-12H2,1H3,(H,19,21)(H,22,23). The number of nitrogens with one attached hydrogen (secondary N) is 1. The summed E-state index contributed by atoms with van der Waals surface area (Å²) in [6, 6.07) is 6.96. The third-order valence-electron chi connectivity index (χ3n) is 4.07. The maximum atomic E-state index is 12.7. The highest BCUT2D eigenvalue weighted by Gasteiger charge is 2.23. The van der Waals surface area contributed by atoms with E-state index in [0.29, 0.717) is 25.3 Å². The molecule has 7 heteroatoms. The summed E-state index contributed by atoms with van der Waals surface area (Å²) in [5.41, 5.74) is 1.39. The SMILES string of the molecule is CC(=O)NCc1ccc(C(=O)N(CCC(=O)O)CC2CCCO2)cc1. The second-order valence-electron chi connectivity index (χ2n) is 6.14. The smallest absolute Gasteiger partial charge is 0.305 e. The second kappa shape index (κ2) is 9.17. The predicted molar refractivity (Wildman–Crippen MR) is 91.1 cm³/mol. The molecule has 0 aliphatic carbocycles. The molecule has 1 heterocycles. The van der Waals surface area contributed by atoms with Gasteiger partial charge in [0.25, 0.3) is 5.91 Å². The third-order valence-corrected chi connectivity index (χ3v) is 4.07. The molecular weight excluding hydrogens is 324 g/mol. The maximum absolute atomic E-state index is 12.7. The lowest BCUT2D eigenvalue weighted by Crippen LogP contribution is -2.38. The topological polar surface area (TPSA) is 95.9 Å². The van der Waals surface area contributed by atoms with Gasteiger partial charge >= 0.3 is 5.97 Å². The van der Waals surface area contributed by atoms with E-state index in [0.717, 1.165) is 18.4 Å². The Balaban J connectivity index is 2.02. The number of hydrogen-bond acceptors (Lipinski definition) is 4. The van der Waals surface area contributed by atoms with Gasteiger partial charge in [0.05, 0.1) is 12.5 Å². The zero-order chi connectivity index (χ0) is 18.2. The Bertz CT molecular complexity index is 608. The van der Waals surface area contributed by atoms with Crippen LogP contribution in [-0.2, 0) is 20.9 Å². The summed E-state index contributed by atoms with van der Waals surface area (Å²) in [6.07, 6.45) is 1.71. The first-order valence-electron chi connectivity index (χ1n) is 8.41. The highest BCUT2D eigenvalue weighted by Crippen LogP contribution is 2.16. The molecule has 2 amide bonds. The van der Waals surface area contributed by atoms with Crippen LogP contribution in [0.4, 0.5) is 0 Å². The molecule has 1 unspecified atom stereocenters. The van der Waals surface area contributed by atoms with Crippen LogP contribution in [0, 0.1) is 0 Å². The number of nitrogens with zero attached hydrogens (tertiary/aromatic N) is 1. The fourth-order valence-corrected chi connectivity index (χ4v) is 2.71. The van der Waals surface area contributed by atoms with E-state index >= 15 is 0 Å². The number of aliphatic carboxylic acids is 1. The molecule has 0 spiro atoms. The van der Waals surface area contributed by atoms with Gasteiger partial charge in [-0.1, -0.05) is 12.1 Å². The van der Waals surface area contributed by atoms with E-state index < -0.39 is 5.97 Å². The normalized spacial score (nSPS) is 16.4. The minimum absolute atomic E-state index is 0.0308. The summed E-state index contributed by atoms with van der Waals surface area (Å²) in [5.74, 6) is -1.25. The van der Waals surface area contributed by atoms with Gasteiger partial charge in [-0.3, -0.25) is 14.4 Å². The number of carboxylic acid groups (broad SMARTS) is 1. The average Bonchev–Trinajstić information content (AvgIpc) is 3.09. The molecular formula is C18H24N2O5. The first-order chi connectivity index (χ1) is 12.0. The minimum atomic E-state index is -0.934. The molecule has 2 N–H and O–H groups in total. The number of carbonyl (C=O) groups is 3. The van der Waals surface area contributed by atoms with Gasteiger partial charge in [-0.05, 0) is 30.5 Å². The summed E-state index contributed by atoms with van der Waals surface area (Å²) in [6.45, 7) is 3.09. The Morgan fingerprint density at radius 3 is 2.56 bits per heavy atom. The van der Waals surface area contributed by atoms with Gasteiger partial charge in [0.15, 0.2) is 0 Å². The predicted octanol–water partition coefficient (Wildman–Crippen LogP) is 1.42. The van der Waals surface area contributed by atoms with Crippen molar-refractivity contribution in [3.8, 4) is 0 Å². The van der Waals surface area contributed by atoms with Gasteiger partial charge in [-0.2, -0.15) is 0 Å². The molecule has 1 atom stereocenters. The summed E-state index contributed by atoms with van der Waals surface area (Å²) in [5, 5.41) is 11.6. The van der Waals surface area contributed by atoms with Gasteiger partial charge in [-0.15, -0.1) is 0 Å². The van der Waals surface area contributed by atoms with E-state index in [9.17, 15) is 14.4 Å². The van der Waals surface area contributed by atoms with Crippen LogP contribution < -0.4 is 5.32 Å². The minimum Gasteiger partial charge on any atom is -0.481 e. The van der Waals surface area contributed by atoms with E-state index in [-0.39, 0.29) is 30.9 Å². The molecule has 1 saturated heterocycles. The molecule has 0 radical (unpaired) electrons. The average molecular weight is 348 g/mol. The highest BCUT2D eigenvalue weighted by atomic mass is 16.5. The fraction of sp³-hybridized carbons (Fsp3) is 0.500. The van der Waals surface area contributed by atoms with Crippen molar-refractivity contribution >= 4 is 17.8 Å². The number of ether oxygens (including phenoxy) is 1. The Morgan fingerprint density at radius 1 is 1.28 bits per heavy atom. The Hall–Kier alpha value is -2.41. The number of amides is 2. The largest absolute Gasteiger partial charge is 0.481 e. The number of rotatable bonds is 8. The molecule has 0 aromatic heterocycles. The molecule has 2 rings (SSSR count). The van der Waals surface area contributed by atoms with E-state index in [1.807, 2.05) is 0 Å². The maximum Gasteiger partial charge on any atom is 0.305 e. The van der Waals surface area contributed by atoms with Crippen LogP contribution in [0.2, 0.25) is 0 Å². The molecule has 1 aliphatic heterocycles. The van der Waals surface area contributed by atoms with Crippen LogP contribution in [0.15, 0.2) is 24.3 Å². The van der Waals surface area contributed by atoms with Crippen LogP contribution in [0.1, 0.15) is 42.1 Å². The zero-order valence-electron chi connectivity index (χ0n) is 14.4. The molecule has 0 saturated carbocycles. The van der Waals surface area contributed by atoms with Gasteiger partial charge in [0.1, 0.15) is 0 Å². The lowest BCUT2D eigenvalue weighted by molar-refractivity contribution is -0.137. The van der Waals surface area contributed by atoms with Crippen LogP contribution >= 0.6 is 0 Å². The molecule has 7 nitrogen and oxygen atoms in total. The molecule has 1 aromatic carbocycles. The molecule has 136 valence electrons. The zero-order valence-corrected chi connectivity index (χ0v) is 14.4. The van der Waals surface area contributed by atoms with Crippen LogP contribution in [-0.4, -0.2) is 53.6 Å². The van der Waals surface area contributed by atoms with Gasteiger partial charge in [-0.25, -0.2) is 0 Å². The Kier molecular flexibility index (Phi) is 6.94. The lowest BCUT2D eigenvalue weighted by atomic mass is 10.1. The van der Waals surface area contributed by atoms with Gasteiger partial charge < -0.3 is 20.1 Å². The number of carbonyl (C=O) groups excluding carboxylic acids is 2. The van der Waals surface area contributed by atoms with E-state index in [2.05, 4.69) is 5.32 Å². The molecule has 25 heavy (non-hydrogen) atoms. The van der Waals surface area contributed by atoms with Crippen molar-refractivity contribution in [2.75, 3.05) is 19.7 Å². The van der Waals surface area contributed by atoms with Crippen LogP contribution in [0.3, 0.4) is 0 Å².